The number of carbonyl (C=O) groups is 1. The van der Waals surface area contributed by atoms with E-state index in [9.17, 15) is 9.90 Å². The molecule has 0 heterocycles. The highest BCUT2D eigenvalue weighted by Gasteiger charge is 2.27. The van der Waals surface area contributed by atoms with Crippen LogP contribution in [-0.4, -0.2) is 29.0 Å². The summed E-state index contributed by atoms with van der Waals surface area (Å²) in [7, 11) is 0. The molecule has 1 aromatic rings. The zero-order valence-electron chi connectivity index (χ0n) is 16.1. The van der Waals surface area contributed by atoms with Crippen LogP contribution in [0, 0.1) is 0 Å². The SMILES string of the molecule is CCN(CC)C(=O)Cc1cc(C(C)(C)C)c(O)c(C(C)(C)C)c1. The number of benzene rings is 1. The molecule has 130 valence electrons. The molecule has 3 nitrogen and oxygen atoms in total. The Labute approximate surface area is 141 Å². The minimum atomic E-state index is -0.168. The second kappa shape index (κ2) is 6.94. The van der Waals surface area contributed by atoms with Crippen LogP contribution in [0.3, 0.4) is 0 Å². The maximum Gasteiger partial charge on any atom is 0.226 e. The van der Waals surface area contributed by atoms with Gasteiger partial charge in [0.25, 0.3) is 0 Å². The van der Waals surface area contributed by atoms with E-state index in [0.717, 1.165) is 29.8 Å². The predicted molar refractivity (Wildman–Crippen MR) is 97.1 cm³/mol. The number of amides is 1. The molecule has 0 aliphatic carbocycles. The Kier molecular flexibility index (Phi) is 5.89. The van der Waals surface area contributed by atoms with Crippen molar-refractivity contribution >= 4 is 5.91 Å². The van der Waals surface area contributed by atoms with Crippen LogP contribution in [0.5, 0.6) is 5.75 Å². The molecule has 1 N–H and O–H groups in total. The van der Waals surface area contributed by atoms with E-state index in [1.807, 2.05) is 30.9 Å². The zero-order chi connectivity index (χ0) is 18.0. The summed E-state index contributed by atoms with van der Waals surface area (Å²) in [5.41, 5.74) is 2.46. The van der Waals surface area contributed by atoms with Gasteiger partial charge < -0.3 is 10.0 Å². The van der Waals surface area contributed by atoms with E-state index < -0.39 is 0 Å². The van der Waals surface area contributed by atoms with Crippen molar-refractivity contribution in [1.29, 1.82) is 0 Å². The molecule has 0 radical (unpaired) electrons. The fourth-order valence-corrected chi connectivity index (χ4v) is 2.80. The lowest BCUT2D eigenvalue weighted by Crippen LogP contribution is -2.32. The molecule has 0 aliphatic rings. The molecular formula is C20H33NO2. The second-order valence-corrected chi connectivity index (χ2v) is 8.28. The Morgan fingerprint density at radius 2 is 1.35 bits per heavy atom. The maximum atomic E-state index is 12.4. The van der Waals surface area contributed by atoms with E-state index in [2.05, 4.69) is 41.5 Å². The average Bonchev–Trinajstić information content (AvgIpc) is 2.39. The molecule has 23 heavy (non-hydrogen) atoms. The van der Waals surface area contributed by atoms with Crippen LogP contribution in [0.25, 0.3) is 0 Å². The van der Waals surface area contributed by atoms with Crippen LogP contribution >= 0.6 is 0 Å². The molecular weight excluding hydrogens is 286 g/mol. The molecule has 0 saturated heterocycles. The molecule has 1 aromatic carbocycles. The largest absolute Gasteiger partial charge is 0.507 e. The normalized spacial score (nSPS) is 12.3. The van der Waals surface area contributed by atoms with Gasteiger partial charge in [0.15, 0.2) is 0 Å². The number of phenolic OH excluding ortho intramolecular Hbond substituents is 1. The minimum Gasteiger partial charge on any atom is -0.507 e. The quantitative estimate of drug-likeness (QED) is 0.893. The van der Waals surface area contributed by atoms with Gasteiger partial charge in [-0.25, -0.2) is 0 Å². The Bertz CT molecular complexity index is 523. The van der Waals surface area contributed by atoms with Crippen molar-refractivity contribution in [2.24, 2.45) is 0 Å². The Hall–Kier alpha value is -1.51. The highest BCUT2D eigenvalue weighted by Crippen LogP contribution is 2.39. The smallest absolute Gasteiger partial charge is 0.226 e. The summed E-state index contributed by atoms with van der Waals surface area (Å²) in [6.45, 7) is 18.0. The van der Waals surface area contributed by atoms with E-state index in [1.54, 1.807) is 0 Å². The summed E-state index contributed by atoms with van der Waals surface area (Å²) in [6, 6.07) is 3.98. The van der Waals surface area contributed by atoms with Gasteiger partial charge in [0.2, 0.25) is 5.91 Å². The van der Waals surface area contributed by atoms with E-state index in [1.165, 1.54) is 0 Å². The number of hydrogen-bond donors (Lipinski definition) is 1. The topological polar surface area (TPSA) is 40.5 Å². The number of nitrogens with zero attached hydrogens (tertiary/aromatic N) is 1. The van der Waals surface area contributed by atoms with Gasteiger partial charge in [-0.3, -0.25) is 4.79 Å². The number of hydrogen-bond acceptors (Lipinski definition) is 2. The third-order valence-electron chi connectivity index (χ3n) is 4.26. The summed E-state index contributed by atoms with van der Waals surface area (Å²) in [6.07, 6.45) is 0.383. The van der Waals surface area contributed by atoms with Crippen LogP contribution in [0.15, 0.2) is 12.1 Å². The molecule has 0 unspecified atom stereocenters. The van der Waals surface area contributed by atoms with Crippen molar-refractivity contribution in [1.82, 2.24) is 4.90 Å². The van der Waals surface area contributed by atoms with Crippen molar-refractivity contribution in [3.8, 4) is 5.75 Å². The van der Waals surface area contributed by atoms with E-state index in [0.29, 0.717) is 12.2 Å². The number of phenols is 1. The van der Waals surface area contributed by atoms with Gasteiger partial charge in [0, 0.05) is 13.1 Å². The van der Waals surface area contributed by atoms with Crippen molar-refractivity contribution in [3.05, 3.63) is 28.8 Å². The number of aromatic hydroxyl groups is 1. The van der Waals surface area contributed by atoms with Gasteiger partial charge in [0.05, 0.1) is 6.42 Å². The molecule has 0 aromatic heterocycles. The maximum absolute atomic E-state index is 12.4. The average molecular weight is 319 g/mol. The Balaban J connectivity index is 3.37. The molecule has 0 aliphatic heterocycles. The van der Waals surface area contributed by atoms with E-state index >= 15 is 0 Å². The Morgan fingerprint density at radius 1 is 0.957 bits per heavy atom. The summed E-state index contributed by atoms with van der Waals surface area (Å²) in [5.74, 6) is 0.504. The standard InChI is InChI=1S/C20H33NO2/c1-9-21(10-2)17(22)13-14-11-15(19(3,4)5)18(23)16(12-14)20(6,7)8/h11-12,23H,9-10,13H2,1-8H3. The van der Waals surface area contributed by atoms with E-state index in [-0.39, 0.29) is 16.7 Å². The molecule has 3 heteroatoms. The summed E-state index contributed by atoms with van der Waals surface area (Å²) in [5, 5.41) is 10.7. The number of carbonyl (C=O) groups excluding carboxylic acids is 1. The van der Waals surface area contributed by atoms with Gasteiger partial charge in [0.1, 0.15) is 5.75 Å². The molecule has 0 atom stereocenters. The van der Waals surface area contributed by atoms with Crippen molar-refractivity contribution in [2.75, 3.05) is 13.1 Å². The first-order chi connectivity index (χ1) is 10.4. The van der Waals surface area contributed by atoms with Crippen molar-refractivity contribution in [2.45, 2.75) is 72.6 Å². The lowest BCUT2D eigenvalue weighted by Gasteiger charge is -2.28. The van der Waals surface area contributed by atoms with Gasteiger partial charge in [-0.2, -0.15) is 0 Å². The van der Waals surface area contributed by atoms with Crippen molar-refractivity contribution in [3.63, 3.8) is 0 Å². The number of rotatable bonds is 4. The van der Waals surface area contributed by atoms with Gasteiger partial charge in [-0.05, 0) is 41.4 Å². The first-order valence-corrected chi connectivity index (χ1v) is 8.56. The zero-order valence-corrected chi connectivity index (χ0v) is 16.1. The molecule has 0 spiro atoms. The monoisotopic (exact) mass is 319 g/mol. The van der Waals surface area contributed by atoms with Crippen LogP contribution < -0.4 is 0 Å². The second-order valence-electron chi connectivity index (χ2n) is 8.28. The summed E-state index contributed by atoms with van der Waals surface area (Å²) in [4.78, 5) is 14.3. The molecule has 1 rings (SSSR count). The minimum absolute atomic E-state index is 0.139. The van der Waals surface area contributed by atoms with Crippen LogP contribution in [0.1, 0.15) is 72.1 Å². The molecule has 0 fully saturated rings. The fourth-order valence-electron chi connectivity index (χ4n) is 2.80. The third-order valence-corrected chi connectivity index (χ3v) is 4.26. The van der Waals surface area contributed by atoms with Crippen LogP contribution in [0.2, 0.25) is 0 Å². The lowest BCUT2D eigenvalue weighted by molar-refractivity contribution is -0.130. The van der Waals surface area contributed by atoms with Crippen molar-refractivity contribution < 1.29 is 9.90 Å². The molecule has 1 amide bonds. The fraction of sp³-hybridized carbons (Fsp3) is 0.650. The highest BCUT2D eigenvalue weighted by molar-refractivity contribution is 5.79. The molecule has 0 saturated carbocycles. The highest BCUT2D eigenvalue weighted by atomic mass is 16.3. The van der Waals surface area contributed by atoms with Gasteiger partial charge >= 0.3 is 0 Å². The predicted octanol–water partition coefficient (Wildman–Crippen LogP) is 4.40. The van der Waals surface area contributed by atoms with Gasteiger partial charge in [-0.15, -0.1) is 0 Å². The van der Waals surface area contributed by atoms with Crippen LogP contribution in [-0.2, 0) is 22.0 Å². The third kappa shape index (κ3) is 4.73. The first kappa shape index (κ1) is 19.5. The number of likely N-dealkylation sites (N-methyl/N-ethyl adjacent to an activating group) is 1. The lowest BCUT2D eigenvalue weighted by atomic mass is 9.78. The Morgan fingerprint density at radius 3 is 1.65 bits per heavy atom. The van der Waals surface area contributed by atoms with Crippen LogP contribution in [0.4, 0.5) is 0 Å². The molecule has 0 bridgehead atoms. The summed E-state index contributed by atoms with van der Waals surface area (Å²) < 4.78 is 0. The van der Waals surface area contributed by atoms with Gasteiger partial charge in [-0.1, -0.05) is 53.7 Å². The summed E-state index contributed by atoms with van der Waals surface area (Å²) >= 11 is 0. The first-order valence-electron chi connectivity index (χ1n) is 8.56. The van der Waals surface area contributed by atoms with E-state index in [4.69, 9.17) is 0 Å².